The monoisotopic (exact) mass is 232 g/mol. The topological polar surface area (TPSA) is 53.2 Å². The molecule has 1 aromatic carbocycles. The molecule has 0 saturated carbocycles. The highest BCUT2D eigenvalue weighted by Crippen LogP contribution is 2.22. The van der Waals surface area contributed by atoms with Gasteiger partial charge in [-0.25, -0.2) is 4.98 Å². The first-order valence-corrected chi connectivity index (χ1v) is 5.86. The molecule has 0 aliphatic carbocycles. The summed E-state index contributed by atoms with van der Waals surface area (Å²) in [4.78, 5) is 10.2. The number of H-pyrrole nitrogens is 1. The Morgan fingerprint density at radius 2 is 2.12 bits per heavy atom. The number of aromatic nitrogens is 2. The number of hydrogen-bond donors (Lipinski definition) is 2. The number of aromatic amines is 1. The van der Waals surface area contributed by atoms with Crippen molar-refractivity contribution in [3.8, 4) is 5.75 Å². The zero-order chi connectivity index (χ0) is 11.7. The van der Waals surface area contributed by atoms with Crippen LogP contribution in [-0.2, 0) is 0 Å². The Labute approximate surface area is 99.8 Å². The van der Waals surface area contributed by atoms with E-state index in [1.807, 2.05) is 18.2 Å². The van der Waals surface area contributed by atoms with Gasteiger partial charge in [-0.05, 0) is 12.1 Å². The fraction of sp³-hybridized carbons (Fsp3) is 0.417. The second-order valence-corrected chi connectivity index (χ2v) is 4.18. The van der Waals surface area contributed by atoms with Crippen molar-refractivity contribution in [1.82, 2.24) is 15.3 Å². The van der Waals surface area contributed by atoms with Crippen LogP contribution in [0.4, 0.5) is 5.95 Å². The van der Waals surface area contributed by atoms with Crippen molar-refractivity contribution in [2.45, 2.75) is 0 Å². The fourth-order valence-corrected chi connectivity index (χ4v) is 2.13. The number of benzene rings is 1. The molecule has 1 saturated heterocycles. The van der Waals surface area contributed by atoms with Gasteiger partial charge in [-0.15, -0.1) is 0 Å². The summed E-state index contributed by atoms with van der Waals surface area (Å²) in [7, 11) is 1.68. The summed E-state index contributed by atoms with van der Waals surface area (Å²) in [5.41, 5.74) is 2.01. The molecule has 90 valence electrons. The van der Waals surface area contributed by atoms with Gasteiger partial charge >= 0.3 is 0 Å². The van der Waals surface area contributed by atoms with Crippen molar-refractivity contribution in [3.05, 3.63) is 18.2 Å². The summed E-state index contributed by atoms with van der Waals surface area (Å²) in [6, 6.07) is 5.90. The van der Waals surface area contributed by atoms with E-state index >= 15 is 0 Å². The molecule has 1 fully saturated rings. The van der Waals surface area contributed by atoms with E-state index in [-0.39, 0.29) is 0 Å². The zero-order valence-corrected chi connectivity index (χ0v) is 9.86. The Hall–Kier alpha value is -1.75. The van der Waals surface area contributed by atoms with Gasteiger partial charge in [-0.1, -0.05) is 0 Å². The number of nitrogens with zero attached hydrogens (tertiary/aromatic N) is 2. The number of ether oxygens (including phenoxy) is 1. The first kappa shape index (κ1) is 10.4. The Balaban J connectivity index is 1.95. The number of fused-ring (bicyclic) bond motifs is 1. The van der Waals surface area contributed by atoms with E-state index in [1.165, 1.54) is 0 Å². The van der Waals surface area contributed by atoms with Gasteiger partial charge in [0.2, 0.25) is 5.95 Å². The Bertz CT molecular complexity index is 516. The summed E-state index contributed by atoms with van der Waals surface area (Å²) in [5.74, 6) is 1.81. The lowest BCUT2D eigenvalue weighted by molar-refractivity contribution is 0.415. The van der Waals surface area contributed by atoms with Gasteiger partial charge < -0.3 is 19.9 Å². The highest BCUT2D eigenvalue weighted by atomic mass is 16.5. The SMILES string of the molecule is COc1ccc2nc(N3CCNCC3)[nH]c2c1. The molecule has 2 heterocycles. The second kappa shape index (κ2) is 4.25. The minimum atomic E-state index is 0.855. The van der Waals surface area contributed by atoms with E-state index in [0.29, 0.717) is 0 Å². The van der Waals surface area contributed by atoms with Crippen LogP contribution in [0.2, 0.25) is 0 Å². The van der Waals surface area contributed by atoms with Crippen molar-refractivity contribution < 1.29 is 4.74 Å². The van der Waals surface area contributed by atoms with E-state index < -0.39 is 0 Å². The van der Waals surface area contributed by atoms with Gasteiger partial charge in [-0.3, -0.25) is 0 Å². The summed E-state index contributed by atoms with van der Waals surface area (Å²) >= 11 is 0. The average molecular weight is 232 g/mol. The van der Waals surface area contributed by atoms with Gasteiger partial charge in [0, 0.05) is 32.2 Å². The molecular weight excluding hydrogens is 216 g/mol. The molecule has 1 aliphatic rings. The van der Waals surface area contributed by atoms with Gasteiger partial charge in [0.05, 0.1) is 18.1 Å². The highest BCUT2D eigenvalue weighted by molar-refractivity contribution is 5.79. The molecule has 2 N–H and O–H groups in total. The molecule has 1 aromatic heterocycles. The van der Waals surface area contributed by atoms with Gasteiger partial charge in [0.15, 0.2) is 0 Å². The third kappa shape index (κ3) is 1.93. The smallest absolute Gasteiger partial charge is 0.203 e. The molecule has 0 spiro atoms. The predicted octanol–water partition coefficient (Wildman–Crippen LogP) is 0.981. The number of rotatable bonds is 2. The largest absolute Gasteiger partial charge is 0.497 e. The molecule has 2 aromatic rings. The number of anilines is 1. The maximum Gasteiger partial charge on any atom is 0.203 e. The molecular formula is C12H16N4O. The van der Waals surface area contributed by atoms with Crippen molar-refractivity contribution in [2.24, 2.45) is 0 Å². The maximum absolute atomic E-state index is 5.21. The van der Waals surface area contributed by atoms with E-state index in [9.17, 15) is 0 Å². The predicted molar refractivity (Wildman–Crippen MR) is 67.7 cm³/mol. The molecule has 1 aliphatic heterocycles. The standard InChI is InChI=1S/C12H16N4O/c1-17-9-2-3-10-11(8-9)15-12(14-10)16-6-4-13-5-7-16/h2-3,8,13H,4-7H2,1H3,(H,14,15). The Morgan fingerprint density at radius 3 is 2.88 bits per heavy atom. The molecule has 5 nitrogen and oxygen atoms in total. The Kier molecular flexibility index (Phi) is 2.60. The highest BCUT2D eigenvalue weighted by Gasteiger charge is 2.14. The maximum atomic E-state index is 5.21. The molecule has 5 heteroatoms. The van der Waals surface area contributed by atoms with Crippen LogP contribution < -0.4 is 15.0 Å². The van der Waals surface area contributed by atoms with E-state index in [1.54, 1.807) is 7.11 Å². The lowest BCUT2D eigenvalue weighted by Gasteiger charge is -2.26. The molecule has 17 heavy (non-hydrogen) atoms. The van der Waals surface area contributed by atoms with Crippen molar-refractivity contribution in [3.63, 3.8) is 0 Å². The zero-order valence-electron chi connectivity index (χ0n) is 9.86. The fourth-order valence-electron chi connectivity index (χ4n) is 2.13. The number of piperazine rings is 1. The molecule has 0 amide bonds. The number of methoxy groups -OCH3 is 1. The average Bonchev–Trinajstić information content (AvgIpc) is 2.82. The minimum Gasteiger partial charge on any atom is -0.497 e. The summed E-state index contributed by atoms with van der Waals surface area (Å²) in [6.45, 7) is 4.02. The quantitative estimate of drug-likeness (QED) is 0.810. The first-order chi connectivity index (χ1) is 8.36. The summed E-state index contributed by atoms with van der Waals surface area (Å²) < 4.78 is 5.21. The van der Waals surface area contributed by atoms with Gasteiger partial charge in [0.25, 0.3) is 0 Å². The van der Waals surface area contributed by atoms with Gasteiger partial charge in [0.1, 0.15) is 5.75 Å². The van der Waals surface area contributed by atoms with Gasteiger partial charge in [-0.2, -0.15) is 0 Å². The summed E-state index contributed by atoms with van der Waals surface area (Å²) in [5, 5.41) is 3.33. The van der Waals surface area contributed by atoms with Crippen LogP contribution in [-0.4, -0.2) is 43.3 Å². The van der Waals surface area contributed by atoms with Crippen LogP contribution in [0.25, 0.3) is 11.0 Å². The third-order valence-corrected chi connectivity index (χ3v) is 3.09. The van der Waals surface area contributed by atoms with Crippen LogP contribution in [0.15, 0.2) is 18.2 Å². The minimum absolute atomic E-state index is 0.855. The first-order valence-electron chi connectivity index (χ1n) is 5.86. The molecule has 0 atom stereocenters. The summed E-state index contributed by atoms with van der Waals surface area (Å²) in [6.07, 6.45) is 0. The lowest BCUT2D eigenvalue weighted by Crippen LogP contribution is -2.44. The lowest BCUT2D eigenvalue weighted by atomic mass is 10.3. The van der Waals surface area contributed by atoms with E-state index in [4.69, 9.17) is 4.74 Å². The van der Waals surface area contributed by atoms with Crippen LogP contribution >= 0.6 is 0 Å². The van der Waals surface area contributed by atoms with Crippen LogP contribution in [0, 0.1) is 0 Å². The normalized spacial score (nSPS) is 16.4. The number of hydrogen-bond acceptors (Lipinski definition) is 4. The Morgan fingerprint density at radius 1 is 1.29 bits per heavy atom. The van der Waals surface area contributed by atoms with Crippen LogP contribution in [0.5, 0.6) is 5.75 Å². The molecule has 0 bridgehead atoms. The van der Waals surface area contributed by atoms with E-state index in [2.05, 4.69) is 20.2 Å². The van der Waals surface area contributed by atoms with Crippen molar-refractivity contribution in [2.75, 3.05) is 38.2 Å². The van der Waals surface area contributed by atoms with Crippen LogP contribution in [0.1, 0.15) is 0 Å². The third-order valence-electron chi connectivity index (χ3n) is 3.09. The molecule has 0 radical (unpaired) electrons. The molecule has 0 unspecified atom stereocenters. The van der Waals surface area contributed by atoms with E-state index in [0.717, 1.165) is 48.9 Å². The van der Waals surface area contributed by atoms with Crippen molar-refractivity contribution >= 4 is 17.0 Å². The molecule has 3 rings (SSSR count). The number of nitrogens with one attached hydrogen (secondary N) is 2. The van der Waals surface area contributed by atoms with Crippen molar-refractivity contribution in [1.29, 1.82) is 0 Å². The number of imidazole rings is 1. The van der Waals surface area contributed by atoms with Crippen LogP contribution in [0.3, 0.4) is 0 Å². The second-order valence-electron chi connectivity index (χ2n) is 4.18.